The van der Waals surface area contributed by atoms with Crippen molar-refractivity contribution in [1.29, 1.82) is 0 Å². The summed E-state index contributed by atoms with van der Waals surface area (Å²) in [5.74, 6) is 11.9. The van der Waals surface area contributed by atoms with Crippen LogP contribution in [0.2, 0.25) is 5.02 Å². The zero-order valence-electron chi connectivity index (χ0n) is 21.5. The van der Waals surface area contributed by atoms with E-state index in [1.807, 2.05) is 36.4 Å². The normalized spacial score (nSPS) is 11.2. The first kappa shape index (κ1) is 27.5. The van der Waals surface area contributed by atoms with Crippen molar-refractivity contribution in [1.82, 2.24) is 20.0 Å². The summed E-state index contributed by atoms with van der Waals surface area (Å²) in [5, 5.41) is 8.72. The van der Waals surface area contributed by atoms with Gasteiger partial charge in [-0.25, -0.2) is 10.8 Å². The van der Waals surface area contributed by atoms with Gasteiger partial charge in [-0.05, 0) is 48.5 Å². The summed E-state index contributed by atoms with van der Waals surface area (Å²) in [4.78, 5) is 23.2. The van der Waals surface area contributed by atoms with Crippen LogP contribution in [0.25, 0.3) is 28.3 Å². The summed E-state index contributed by atoms with van der Waals surface area (Å²) in [6, 6.07) is 25.3. The van der Waals surface area contributed by atoms with Crippen molar-refractivity contribution in [3.63, 3.8) is 0 Å². The van der Waals surface area contributed by atoms with Crippen molar-refractivity contribution in [3.05, 3.63) is 118 Å². The van der Waals surface area contributed by atoms with Crippen molar-refractivity contribution < 1.29 is 0 Å². The van der Waals surface area contributed by atoms with Crippen LogP contribution in [0.15, 0.2) is 101 Å². The highest BCUT2D eigenvalue weighted by Gasteiger charge is 2.19. The molecule has 204 valence electrons. The number of anilines is 3. The van der Waals surface area contributed by atoms with Gasteiger partial charge in [-0.15, -0.1) is 0 Å². The van der Waals surface area contributed by atoms with Gasteiger partial charge in [-0.1, -0.05) is 60.2 Å². The molecule has 8 N–H and O–H groups in total. The standard InChI is InChI=1S/C29H24ClN9OS/c30-20-8-11-23(12-9-20)39-28(18-6-4-17(5-7-18)25-13-10-21(31)15-34-25)36-27(24(16-41)29(39)40)35-22-3-1-2-19(14-22)26(37-32)38-33/h1-16,35H,31-33H2,(H,37,38). The number of nitrogens with two attached hydrogens (primary N) is 3. The Morgan fingerprint density at radius 3 is 2.37 bits per heavy atom. The predicted octanol–water partition coefficient (Wildman–Crippen LogP) is 4.37. The van der Waals surface area contributed by atoms with E-state index in [4.69, 9.17) is 46.2 Å². The Kier molecular flexibility index (Phi) is 8.01. The molecule has 3 aromatic carbocycles. The maximum atomic E-state index is 13.9. The Labute approximate surface area is 245 Å². The number of hydrogen-bond acceptors (Lipinski definition) is 9. The summed E-state index contributed by atoms with van der Waals surface area (Å²) >= 11 is 11.4. The highest BCUT2D eigenvalue weighted by Crippen LogP contribution is 2.28. The fraction of sp³-hybridized carbons (Fsp3) is 0. The number of hydrazone groups is 1. The number of rotatable bonds is 7. The number of nitrogens with one attached hydrogen (secondary N) is 2. The van der Waals surface area contributed by atoms with E-state index >= 15 is 0 Å². The summed E-state index contributed by atoms with van der Waals surface area (Å²) in [6.07, 6.45) is 1.60. The van der Waals surface area contributed by atoms with Gasteiger partial charge in [0.1, 0.15) is 11.6 Å². The first-order chi connectivity index (χ1) is 19.9. The zero-order chi connectivity index (χ0) is 28.9. The Balaban J connectivity index is 1.66. The third kappa shape index (κ3) is 5.77. The van der Waals surface area contributed by atoms with Crippen LogP contribution in [0.5, 0.6) is 0 Å². The van der Waals surface area contributed by atoms with Gasteiger partial charge < -0.3 is 22.3 Å². The number of hydrogen-bond donors (Lipinski definition) is 5. The monoisotopic (exact) mass is 581 g/mol. The second-order valence-corrected chi connectivity index (χ2v) is 9.49. The molecule has 0 aliphatic heterocycles. The predicted molar refractivity (Wildman–Crippen MR) is 168 cm³/mol. The minimum absolute atomic E-state index is 0.205. The SMILES string of the molecule is N/N=C(\NN)c1cccc(Nc2nc(-c3ccc(-c4ccc(N)cn4)cc3)n(-c3ccc(Cl)cc3)c(=O)c2C=S)c1. The lowest BCUT2D eigenvalue weighted by molar-refractivity contribution is 0.949. The van der Waals surface area contributed by atoms with Gasteiger partial charge in [0.15, 0.2) is 5.84 Å². The fourth-order valence-corrected chi connectivity index (χ4v) is 4.54. The van der Waals surface area contributed by atoms with E-state index in [0.717, 1.165) is 11.3 Å². The minimum Gasteiger partial charge on any atom is -0.397 e. The molecular weight excluding hydrogens is 558 g/mol. The van der Waals surface area contributed by atoms with Crippen molar-refractivity contribution in [2.45, 2.75) is 0 Å². The molecule has 0 unspecified atom stereocenters. The number of nitrogens with zero attached hydrogens (tertiary/aromatic N) is 4. The lowest BCUT2D eigenvalue weighted by atomic mass is 10.1. The van der Waals surface area contributed by atoms with Gasteiger partial charge in [0.05, 0.1) is 28.8 Å². The Morgan fingerprint density at radius 1 is 1.00 bits per heavy atom. The Morgan fingerprint density at radius 2 is 1.73 bits per heavy atom. The van der Waals surface area contributed by atoms with E-state index in [-0.39, 0.29) is 22.8 Å². The number of nitrogen functional groups attached to an aromatic ring is 1. The average molecular weight is 582 g/mol. The van der Waals surface area contributed by atoms with Crippen LogP contribution in [0.3, 0.4) is 0 Å². The van der Waals surface area contributed by atoms with E-state index in [0.29, 0.717) is 39.0 Å². The molecule has 10 nitrogen and oxygen atoms in total. The second kappa shape index (κ2) is 12.0. The number of hydrazine groups is 1. The third-order valence-corrected chi connectivity index (χ3v) is 6.70. The molecule has 0 saturated heterocycles. The molecule has 0 bridgehead atoms. The van der Waals surface area contributed by atoms with E-state index in [9.17, 15) is 4.79 Å². The van der Waals surface area contributed by atoms with Crippen LogP contribution in [0.4, 0.5) is 17.2 Å². The summed E-state index contributed by atoms with van der Waals surface area (Å²) in [6.45, 7) is 0. The average Bonchev–Trinajstić information content (AvgIpc) is 2.99. The zero-order valence-corrected chi connectivity index (χ0v) is 23.0. The smallest absolute Gasteiger partial charge is 0.268 e. The van der Waals surface area contributed by atoms with Gasteiger partial charge in [-0.3, -0.25) is 14.3 Å². The number of benzene rings is 3. The highest BCUT2D eigenvalue weighted by molar-refractivity contribution is 7.79. The molecular formula is C29H24ClN9OS. The molecule has 0 saturated carbocycles. The largest absolute Gasteiger partial charge is 0.397 e. The summed E-state index contributed by atoms with van der Waals surface area (Å²) in [5.41, 5.74) is 12.8. The van der Waals surface area contributed by atoms with Gasteiger partial charge in [0, 0.05) is 32.8 Å². The van der Waals surface area contributed by atoms with Crippen LogP contribution in [0, 0.1) is 0 Å². The molecule has 5 aromatic rings. The van der Waals surface area contributed by atoms with Crippen molar-refractivity contribution >= 4 is 52.2 Å². The quantitative estimate of drug-likeness (QED) is 0.0617. The third-order valence-electron chi connectivity index (χ3n) is 6.21. The molecule has 0 spiro atoms. The first-order valence-corrected chi connectivity index (χ1v) is 13.1. The lowest BCUT2D eigenvalue weighted by Gasteiger charge is -2.17. The molecule has 2 aromatic heterocycles. The van der Waals surface area contributed by atoms with Crippen molar-refractivity contribution in [3.8, 4) is 28.3 Å². The lowest BCUT2D eigenvalue weighted by Crippen LogP contribution is -2.32. The highest BCUT2D eigenvalue weighted by atomic mass is 35.5. The van der Waals surface area contributed by atoms with Crippen molar-refractivity contribution in [2.75, 3.05) is 11.1 Å². The maximum Gasteiger partial charge on any atom is 0.268 e. The molecule has 0 fully saturated rings. The van der Waals surface area contributed by atoms with Crippen LogP contribution < -0.4 is 33.7 Å². The fourth-order valence-electron chi connectivity index (χ4n) is 4.20. The number of halogens is 1. The summed E-state index contributed by atoms with van der Waals surface area (Å²) in [7, 11) is 0. The number of aromatic nitrogens is 3. The number of amidine groups is 1. The molecule has 12 heteroatoms. The summed E-state index contributed by atoms with van der Waals surface area (Å²) < 4.78 is 1.50. The number of pyridine rings is 1. The topological polar surface area (TPSA) is 162 Å². The van der Waals surface area contributed by atoms with Crippen LogP contribution >= 0.6 is 23.8 Å². The van der Waals surface area contributed by atoms with E-state index < -0.39 is 0 Å². The van der Waals surface area contributed by atoms with E-state index in [2.05, 4.69) is 20.8 Å². The van der Waals surface area contributed by atoms with Gasteiger partial charge in [0.25, 0.3) is 5.56 Å². The minimum atomic E-state index is -0.358. The van der Waals surface area contributed by atoms with E-state index in [1.165, 1.54) is 9.93 Å². The Bertz CT molecular complexity index is 1800. The van der Waals surface area contributed by atoms with Gasteiger partial charge >= 0.3 is 0 Å². The van der Waals surface area contributed by atoms with E-state index in [1.54, 1.807) is 54.7 Å². The molecule has 0 aliphatic rings. The second-order valence-electron chi connectivity index (χ2n) is 8.81. The van der Waals surface area contributed by atoms with Gasteiger partial charge in [-0.2, -0.15) is 5.10 Å². The molecule has 0 aliphatic carbocycles. The van der Waals surface area contributed by atoms with Crippen LogP contribution in [0.1, 0.15) is 11.1 Å². The number of thiocarbonyl (C=S) groups is 1. The Hall–Kier alpha value is -5.10. The molecule has 0 atom stereocenters. The molecule has 0 radical (unpaired) electrons. The van der Waals surface area contributed by atoms with Crippen molar-refractivity contribution in [2.24, 2.45) is 16.8 Å². The van der Waals surface area contributed by atoms with Crippen LogP contribution in [-0.4, -0.2) is 25.7 Å². The molecule has 5 rings (SSSR count). The molecule has 41 heavy (non-hydrogen) atoms. The maximum absolute atomic E-state index is 13.9. The van der Waals surface area contributed by atoms with Crippen LogP contribution in [-0.2, 0) is 0 Å². The first-order valence-electron chi connectivity index (χ1n) is 12.2. The molecule has 2 heterocycles. The van der Waals surface area contributed by atoms with Gasteiger partial charge in [0.2, 0.25) is 0 Å². The molecule has 0 amide bonds.